The highest BCUT2D eigenvalue weighted by Crippen LogP contribution is 2.32. The zero-order chi connectivity index (χ0) is 20.9. The molecule has 0 aliphatic carbocycles. The van der Waals surface area contributed by atoms with Gasteiger partial charge in [0.15, 0.2) is 5.54 Å². The lowest BCUT2D eigenvalue weighted by molar-refractivity contribution is -0.126. The highest BCUT2D eigenvalue weighted by molar-refractivity contribution is 7.70. The van der Waals surface area contributed by atoms with Crippen molar-refractivity contribution in [2.24, 2.45) is 0 Å². The van der Waals surface area contributed by atoms with E-state index in [1.165, 1.54) is 0 Å². The molecule has 0 saturated heterocycles. The Hall–Kier alpha value is -3.16. The minimum Gasteiger partial charge on any atom is -0.399 e. The standard InChI is InChI=1S/C22H23N3O3S/c1-16(17-8-4-2-5-9-17)24-21(26)22(25-29(27)28,18-10-6-3-7-11-18)19-12-14-20(23)15-13-19/h2-16,29H,23H2,1H3,(H,24,26)(H,25,27,28). The smallest absolute Gasteiger partial charge is 0.251 e. The Morgan fingerprint density at radius 3 is 1.93 bits per heavy atom. The molecule has 2 atom stereocenters. The zero-order valence-electron chi connectivity index (χ0n) is 15.9. The number of hydrogen-bond donors (Lipinski definition) is 4. The number of nitrogens with two attached hydrogens (primary N) is 1. The van der Waals surface area contributed by atoms with Crippen molar-refractivity contribution >= 4 is 22.5 Å². The highest BCUT2D eigenvalue weighted by Gasteiger charge is 2.43. The lowest BCUT2D eigenvalue weighted by Crippen LogP contribution is -2.55. The minimum absolute atomic E-state index is 0.327. The van der Waals surface area contributed by atoms with Gasteiger partial charge in [0.1, 0.15) is 0 Å². The zero-order valence-corrected chi connectivity index (χ0v) is 16.8. The monoisotopic (exact) mass is 409 g/mol. The van der Waals surface area contributed by atoms with Crippen LogP contribution >= 0.6 is 0 Å². The van der Waals surface area contributed by atoms with Gasteiger partial charge in [-0.05, 0) is 35.7 Å². The number of benzene rings is 3. The van der Waals surface area contributed by atoms with Gasteiger partial charge in [-0.3, -0.25) is 4.79 Å². The van der Waals surface area contributed by atoms with Crippen molar-refractivity contribution in [2.45, 2.75) is 18.5 Å². The summed E-state index contributed by atoms with van der Waals surface area (Å²) in [5, 5.41) is 2.95. The first-order valence-corrected chi connectivity index (χ1v) is 10.3. The summed E-state index contributed by atoms with van der Waals surface area (Å²) in [5.74, 6) is -0.482. The van der Waals surface area contributed by atoms with Crippen molar-refractivity contribution in [3.05, 3.63) is 102 Å². The third kappa shape index (κ3) is 4.47. The van der Waals surface area contributed by atoms with Crippen LogP contribution in [0.5, 0.6) is 0 Å². The third-order valence-corrected chi connectivity index (χ3v) is 5.32. The molecule has 3 aromatic carbocycles. The van der Waals surface area contributed by atoms with Gasteiger partial charge in [0.2, 0.25) is 10.9 Å². The molecule has 2 unspecified atom stereocenters. The van der Waals surface area contributed by atoms with Gasteiger partial charge in [-0.15, -0.1) is 0 Å². The summed E-state index contributed by atoms with van der Waals surface area (Å²) in [4.78, 5) is 13.6. The van der Waals surface area contributed by atoms with Crippen molar-refractivity contribution in [3.8, 4) is 0 Å². The number of carbonyl (C=O) groups excluding carboxylic acids is 1. The number of amides is 1. The van der Waals surface area contributed by atoms with Crippen LogP contribution in [0.15, 0.2) is 84.9 Å². The van der Waals surface area contributed by atoms with Crippen LogP contribution in [0.3, 0.4) is 0 Å². The molecule has 1 amide bonds. The van der Waals surface area contributed by atoms with Gasteiger partial charge in [-0.25, -0.2) is 8.42 Å². The Kier molecular flexibility index (Phi) is 6.31. The van der Waals surface area contributed by atoms with Crippen LogP contribution in [0, 0.1) is 0 Å². The Labute approximate surface area is 171 Å². The summed E-state index contributed by atoms with van der Waals surface area (Å²) in [5.41, 5.74) is 6.56. The predicted octanol–water partition coefficient (Wildman–Crippen LogP) is 2.51. The summed E-state index contributed by atoms with van der Waals surface area (Å²) in [6, 6.07) is 24.5. The summed E-state index contributed by atoms with van der Waals surface area (Å²) in [7, 11) is -3.10. The number of nitrogens with one attached hydrogen (secondary N) is 2. The van der Waals surface area contributed by atoms with E-state index in [0.717, 1.165) is 5.56 Å². The molecule has 6 nitrogen and oxygen atoms in total. The fraction of sp³-hybridized carbons (Fsp3) is 0.136. The maximum Gasteiger partial charge on any atom is 0.251 e. The molecule has 0 aliphatic heterocycles. The molecular formula is C22H23N3O3S. The van der Waals surface area contributed by atoms with Gasteiger partial charge in [0.25, 0.3) is 5.91 Å². The number of rotatable bonds is 7. The molecule has 29 heavy (non-hydrogen) atoms. The van der Waals surface area contributed by atoms with Crippen LogP contribution in [-0.4, -0.2) is 14.3 Å². The molecule has 0 aromatic heterocycles. The number of anilines is 1. The molecule has 0 fully saturated rings. The third-order valence-electron chi connectivity index (χ3n) is 4.80. The number of nitrogen functional groups attached to an aromatic ring is 1. The van der Waals surface area contributed by atoms with Gasteiger partial charge < -0.3 is 11.1 Å². The first-order valence-electron chi connectivity index (χ1n) is 9.13. The van der Waals surface area contributed by atoms with E-state index in [9.17, 15) is 13.2 Å². The molecule has 0 spiro atoms. The molecule has 0 radical (unpaired) electrons. The van der Waals surface area contributed by atoms with E-state index in [1.807, 2.05) is 37.3 Å². The van der Waals surface area contributed by atoms with Crippen molar-refractivity contribution < 1.29 is 13.2 Å². The maximum atomic E-state index is 13.6. The Morgan fingerprint density at radius 1 is 0.862 bits per heavy atom. The molecule has 0 aliphatic rings. The molecule has 0 saturated carbocycles. The minimum atomic E-state index is -3.10. The van der Waals surface area contributed by atoms with Crippen molar-refractivity contribution in [3.63, 3.8) is 0 Å². The van der Waals surface area contributed by atoms with Crippen LogP contribution in [0.1, 0.15) is 29.7 Å². The fourth-order valence-electron chi connectivity index (χ4n) is 3.30. The first-order chi connectivity index (χ1) is 13.9. The SMILES string of the molecule is CC(NC(=O)C(N[SH](=O)=O)(c1ccccc1)c1ccc(N)cc1)c1ccccc1. The van der Waals surface area contributed by atoms with E-state index in [-0.39, 0.29) is 6.04 Å². The van der Waals surface area contributed by atoms with Crippen molar-refractivity contribution in [1.82, 2.24) is 10.0 Å². The maximum absolute atomic E-state index is 13.6. The molecule has 0 bridgehead atoms. The van der Waals surface area contributed by atoms with Crippen LogP contribution in [0.25, 0.3) is 0 Å². The van der Waals surface area contributed by atoms with Crippen LogP contribution < -0.4 is 15.8 Å². The van der Waals surface area contributed by atoms with Crippen LogP contribution in [0.2, 0.25) is 0 Å². The van der Waals surface area contributed by atoms with E-state index in [1.54, 1.807) is 54.6 Å². The highest BCUT2D eigenvalue weighted by atomic mass is 32.2. The van der Waals surface area contributed by atoms with E-state index in [4.69, 9.17) is 5.73 Å². The Balaban J connectivity index is 2.12. The summed E-state index contributed by atoms with van der Waals surface area (Å²) in [6.45, 7) is 1.85. The first kappa shape index (κ1) is 20.6. The Morgan fingerprint density at radius 2 is 1.38 bits per heavy atom. The molecular weight excluding hydrogens is 386 g/mol. The molecule has 3 aromatic rings. The summed E-state index contributed by atoms with van der Waals surface area (Å²) >= 11 is 0. The predicted molar refractivity (Wildman–Crippen MR) is 115 cm³/mol. The van der Waals surface area contributed by atoms with Gasteiger partial charge in [0, 0.05) is 5.69 Å². The van der Waals surface area contributed by atoms with E-state index < -0.39 is 22.3 Å². The molecule has 3 rings (SSSR count). The average Bonchev–Trinajstić information content (AvgIpc) is 2.73. The van der Waals surface area contributed by atoms with E-state index in [2.05, 4.69) is 10.0 Å². The molecule has 7 heteroatoms. The second-order valence-electron chi connectivity index (χ2n) is 6.71. The lowest BCUT2D eigenvalue weighted by Gasteiger charge is -2.33. The van der Waals surface area contributed by atoms with Gasteiger partial charge >= 0.3 is 0 Å². The molecule has 150 valence electrons. The fourth-order valence-corrected chi connectivity index (χ4v) is 3.93. The largest absolute Gasteiger partial charge is 0.399 e. The second-order valence-corrected chi connectivity index (χ2v) is 7.45. The topological polar surface area (TPSA) is 101 Å². The van der Waals surface area contributed by atoms with Gasteiger partial charge in [-0.1, -0.05) is 72.8 Å². The molecule has 4 N–H and O–H groups in total. The molecule has 0 heterocycles. The van der Waals surface area contributed by atoms with Crippen LogP contribution in [-0.2, 0) is 21.2 Å². The van der Waals surface area contributed by atoms with Crippen molar-refractivity contribution in [2.75, 3.05) is 5.73 Å². The number of carbonyl (C=O) groups is 1. The second kappa shape index (κ2) is 8.89. The summed E-state index contributed by atoms with van der Waals surface area (Å²) < 4.78 is 26.1. The average molecular weight is 410 g/mol. The summed E-state index contributed by atoms with van der Waals surface area (Å²) in [6.07, 6.45) is 0. The number of thiol groups is 1. The quantitative estimate of drug-likeness (QED) is 0.356. The van der Waals surface area contributed by atoms with Gasteiger partial charge in [-0.2, -0.15) is 4.72 Å². The van der Waals surface area contributed by atoms with Crippen molar-refractivity contribution in [1.29, 1.82) is 0 Å². The lowest BCUT2D eigenvalue weighted by atomic mass is 9.82. The van der Waals surface area contributed by atoms with Gasteiger partial charge in [0.05, 0.1) is 6.04 Å². The van der Waals surface area contributed by atoms with E-state index in [0.29, 0.717) is 16.8 Å². The normalized spacial score (nSPS) is 14.1. The number of hydrogen-bond acceptors (Lipinski definition) is 4. The Bertz CT molecular complexity index is 1030. The van der Waals surface area contributed by atoms with E-state index >= 15 is 0 Å². The van der Waals surface area contributed by atoms with Crippen LogP contribution in [0.4, 0.5) is 5.69 Å².